The molecule has 1 aromatic heterocycles. The van der Waals surface area contributed by atoms with Gasteiger partial charge >= 0.3 is 0 Å². The van der Waals surface area contributed by atoms with Crippen LogP contribution in [0.2, 0.25) is 19.6 Å². The van der Waals surface area contributed by atoms with Crippen molar-refractivity contribution in [3.8, 4) is 56.2 Å². The second-order valence-electron chi connectivity index (χ2n) is 16.6. The van der Waals surface area contributed by atoms with Gasteiger partial charge in [0, 0.05) is 26.5 Å². The molecule has 0 radical (unpaired) electrons. The molecule has 0 bridgehead atoms. The van der Waals surface area contributed by atoms with E-state index in [-0.39, 0.29) is 0 Å². The van der Waals surface area contributed by atoms with Crippen LogP contribution in [0, 0.1) is 0 Å². The van der Waals surface area contributed by atoms with Crippen LogP contribution in [0.1, 0.15) is 22.3 Å². The summed E-state index contributed by atoms with van der Waals surface area (Å²) in [5.74, 6) is 0.731. The molecule has 0 saturated heterocycles. The third kappa shape index (κ3) is 5.47. The lowest BCUT2D eigenvalue weighted by Gasteiger charge is -2.39. The first-order chi connectivity index (χ1) is 28.4. The van der Waals surface area contributed by atoms with Gasteiger partial charge in [-0.1, -0.05) is 194 Å². The van der Waals surface area contributed by atoms with Gasteiger partial charge in [0.15, 0.2) is 5.82 Å². The molecule has 2 nitrogen and oxygen atoms in total. The predicted molar refractivity (Wildman–Crippen MR) is 246 cm³/mol. The maximum Gasteiger partial charge on any atom is 0.160 e. The Morgan fingerprint density at radius 3 is 1.69 bits per heavy atom. The maximum absolute atomic E-state index is 5.23. The van der Waals surface area contributed by atoms with Crippen LogP contribution >= 0.6 is 11.8 Å². The summed E-state index contributed by atoms with van der Waals surface area (Å²) < 4.78 is 0. The predicted octanol–water partition coefficient (Wildman–Crippen LogP) is 13.7. The van der Waals surface area contributed by atoms with Crippen molar-refractivity contribution in [1.29, 1.82) is 0 Å². The van der Waals surface area contributed by atoms with E-state index in [0.717, 1.165) is 39.3 Å². The minimum Gasteiger partial charge on any atom is -0.228 e. The van der Waals surface area contributed by atoms with E-state index in [9.17, 15) is 0 Å². The van der Waals surface area contributed by atoms with Crippen LogP contribution in [0.4, 0.5) is 0 Å². The lowest BCUT2D eigenvalue weighted by Crippen LogP contribution is -2.37. The molecule has 1 spiro atoms. The molecule has 0 fully saturated rings. The molecule has 4 heteroatoms. The number of rotatable bonds is 5. The van der Waals surface area contributed by atoms with E-state index in [4.69, 9.17) is 9.97 Å². The van der Waals surface area contributed by atoms with Gasteiger partial charge in [0.25, 0.3) is 0 Å². The van der Waals surface area contributed by atoms with E-state index in [1.807, 2.05) is 11.8 Å². The Bertz CT molecular complexity index is 3040. The van der Waals surface area contributed by atoms with Crippen molar-refractivity contribution >= 4 is 35.8 Å². The summed E-state index contributed by atoms with van der Waals surface area (Å²) in [6, 6.07) is 69.2. The second-order valence-corrected chi connectivity index (χ2v) is 22.7. The fourth-order valence-electron chi connectivity index (χ4n) is 9.32. The monoisotopic (exact) mass is 776 g/mol. The maximum atomic E-state index is 5.23. The Balaban J connectivity index is 1.05. The number of hydrogen-bond acceptors (Lipinski definition) is 3. The van der Waals surface area contributed by atoms with Crippen molar-refractivity contribution in [2.24, 2.45) is 0 Å². The minimum absolute atomic E-state index is 0.394. The molecule has 11 rings (SSSR count). The Kier molecular flexibility index (Phi) is 8.04. The number of fused-ring (bicyclic) bond motifs is 10. The summed E-state index contributed by atoms with van der Waals surface area (Å²) in [5.41, 5.74) is 15.2. The standard InChI is InChI=1S/C54H40N2SSi/c1-58(2,3)41-18-13-17-39(33-41)49-34-48(35-15-5-4-6-16-35)55-53(56-49)40-30-28-36-31-38(29-27-37(36)32-40)42-20-14-24-47-52(42)43-19-7-8-21-44(43)54(47)45-22-9-11-25-50(45)57-51-26-12-10-23-46(51)54/h4-34H,1-3H3. The number of nitrogens with zero attached hydrogens (tertiary/aromatic N) is 2. The lowest BCUT2D eigenvalue weighted by atomic mass is 9.67. The summed E-state index contributed by atoms with van der Waals surface area (Å²) in [6.07, 6.45) is 0. The topological polar surface area (TPSA) is 25.8 Å². The molecular formula is C54H40N2SSi. The molecule has 2 aliphatic rings. The summed E-state index contributed by atoms with van der Waals surface area (Å²) in [7, 11) is -1.52. The van der Waals surface area contributed by atoms with Crippen molar-refractivity contribution in [2.75, 3.05) is 0 Å². The van der Waals surface area contributed by atoms with Crippen LogP contribution in [0.15, 0.2) is 198 Å². The van der Waals surface area contributed by atoms with E-state index >= 15 is 0 Å². The fraction of sp³-hybridized carbons (Fsp3) is 0.0741. The summed E-state index contributed by atoms with van der Waals surface area (Å²) in [5, 5.41) is 3.77. The van der Waals surface area contributed by atoms with Crippen LogP contribution in [0.5, 0.6) is 0 Å². The molecule has 276 valence electrons. The van der Waals surface area contributed by atoms with E-state index in [2.05, 4.69) is 208 Å². The smallest absolute Gasteiger partial charge is 0.160 e. The molecule has 1 aliphatic carbocycles. The van der Waals surface area contributed by atoms with Crippen LogP contribution in [0.3, 0.4) is 0 Å². The molecule has 8 aromatic carbocycles. The van der Waals surface area contributed by atoms with Gasteiger partial charge in [0.2, 0.25) is 0 Å². The molecule has 0 atom stereocenters. The fourth-order valence-corrected chi connectivity index (χ4v) is 11.7. The first-order valence-electron chi connectivity index (χ1n) is 20.1. The van der Waals surface area contributed by atoms with E-state index < -0.39 is 13.5 Å². The molecule has 9 aromatic rings. The quantitative estimate of drug-likeness (QED) is 0.163. The molecule has 0 N–H and O–H groups in total. The highest BCUT2D eigenvalue weighted by molar-refractivity contribution is 7.99. The van der Waals surface area contributed by atoms with Crippen LogP contribution < -0.4 is 5.19 Å². The average Bonchev–Trinajstić information content (AvgIpc) is 3.57. The van der Waals surface area contributed by atoms with Crippen molar-refractivity contribution in [3.63, 3.8) is 0 Å². The molecule has 0 saturated carbocycles. The van der Waals surface area contributed by atoms with Crippen molar-refractivity contribution < 1.29 is 0 Å². The van der Waals surface area contributed by atoms with E-state index in [1.54, 1.807) is 0 Å². The highest BCUT2D eigenvalue weighted by Gasteiger charge is 2.50. The molecular weight excluding hydrogens is 737 g/mol. The summed E-state index contributed by atoms with van der Waals surface area (Å²) >= 11 is 1.89. The first kappa shape index (κ1) is 34.9. The Labute approximate surface area is 345 Å². The molecule has 0 amide bonds. The highest BCUT2D eigenvalue weighted by Crippen LogP contribution is 2.63. The van der Waals surface area contributed by atoms with Crippen LogP contribution in [-0.4, -0.2) is 18.0 Å². The Morgan fingerprint density at radius 1 is 0.414 bits per heavy atom. The third-order valence-corrected chi connectivity index (χ3v) is 15.3. The molecule has 0 unspecified atom stereocenters. The zero-order valence-corrected chi connectivity index (χ0v) is 34.5. The van der Waals surface area contributed by atoms with Gasteiger partial charge in [-0.15, -0.1) is 0 Å². The van der Waals surface area contributed by atoms with E-state index in [0.29, 0.717) is 0 Å². The van der Waals surface area contributed by atoms with Crippen LogP contribution in [0.25, 0.3) is 66.9 Å². The zero-order valence-electron chi connectivity index (χ0n) is 32.7. The van der Waals surface area contributed by atoms with Gasteiger partial charge < -0.3 is 0 Å². The number of benzene rings is 8. The summed E-state index contributed by atoms with van der Waals surface area (Å²) in [4.78, 5) is 13.0. The molecule has 58 heavy (non-hydrogen) atoms. The van der Waals surface area contributed by atoms with Crippen LogP contribution in [-0.2, 0) is 5.41 Å². The SMILES string of the molecule is C[Si](C)(C)c1cccc(-c2cc(-c3ccccc3)nc(-c3ccc4cc(-c5cccc6c5-c5ccccc5C65c6ccccc6Sc6ccccc65)ccc4c3)n2)c1. The lowest BCUT2D eigenvalue weighted by molar-refractivity contribution is 0.722. The average molecular weight is 777 g/mol. The highest BCUT2D eigenvalue weighted by atomic mass is 32.2. The van der Waals surface area contributed by atoms with Gasteiger partial charge in [0.1, 0.15) is 0 Å². The Morgan fingerprint density at radius 2 is 0.966 bits per heavy atom. The third-order valence-electron chi connectivity index (χ3n) is 12.1. The molecule has 2 heterocycles. The van der Waals surface area contributed by atoms with Gasteiger partial charge in [-0.2, -0.15) is 0 Å². The van der Waals surface area contributed by atoms with Gasteiger partial charge in [0.05, 0.1) is 24.9 Å². The van der Waals surface area contributed by atoms with Gasteiger partial charge in [-0.25, -0.2) is 9.97 Å². The largest absolute Gasteiger partial charge is 0.228 e. The van der Waals surface area contributed by atoms with Gasteiger partial charge in [-0.05, 0) is 85.6 Å². The number of hydrogen-bond donors (Lipinski definition) is 0. The second kappa shape index (κ2) is 13.4. The first-order valence-corrected chi connectivity index (χ1v) is 24.4. The van der Waals surface area contributed by atoms with Crippen molar-refractivity contribution in [1.82, 2.24) is 9.97 Å². The van der Waals surface area contributed by atoms with Crippen molar-refractivity contribution in [3.05, 3.63) is 210 Å². The molecule has 1 aliphatic heterocycles. The Hall–Kier alpha value is -6.33. The number of aromatic nitrogens is 2. The van der Waals surface area contributed by atoms with Gasteiger partial charge in [-0.3, -0.25) is 0 Å². The normalized spacial score (nSPS) is 13.5. The summed E-state index contributed by atoms with van der Waals surface area (Å²) in [6.45, 7) is 7.17. The van der Waals surface area contributed by atoms with E-state index in [1.165, 1.54) is 64.9 Å². The zero-order chi connectivity index (χ0) is 39.0. The van der Waals surface area contributed by atoms with Crippen molar-refractivity contribution in [2.45, 2.75) is 34.8 Å². The minimum atomic E-state index is -1.52.